The number of fused-ring (bicyclic) bond motifs is 1. The number of hydrogen-bond acceptors (Lipinski definition) is 3. The highest BCUT2D eigenvalue weighted by molar-refractivity contribution is 7.98. The van der Waals surface area contributed by atoms with E-state index in [0.717, 1.165) is 21.4 Å². The van der Waals surface area contributed by atoms with E-state index >= 15 is 0 Å². The molecule has 1 N–H and O–H groups in total. The van der Waals surface area contributed by atoms with E-state index in [1.807, 2.05) is 35.0 Å². The first-order valence-electron chi connectivity index (χ1n) is 5.01. The molecule has 3 rings (SSSR count). The summed E-state index contributed by atoms with van der Waals surface area (Å²) in [4.78, 5) is 8.59. The Morgan fingerprint density at radius 1 is 1.29 bits per heavy atom. The standard InChI is InChI=1S/C11H9ClN4S/c1-17-11-14-10-13-6-9(16(10)15-11)7-2-4-8(12)5-3-7/h2-6H,1H3,(H,13,14,15). The molecule has 0 saturated carbocycles. The Morgan fingerprint density at radius 3 is 2.76 bits per heavy atom. The van der Waals surface area contributed by atoms with Crippen LogP contribution in [0.4, 0.5) is 0 Å². The maximum Gasteiger partial charge on any atom is 0.251 e. The highest BCUT2D eigenvalue weighted by Crippen LogP contribution is 2.22. The number of benzene rings is 1. The summed E-state index contributed by atoms with van der Waals surface area (Å²) in [5, 5.41) is 4.76. The number of nitrogens with zero attached hydrogens (tertiary/aromatic N) is 3. The molecule has 0 aliphatic carbocycles. The van der Waals surface area contributed by atoms with Gasteiger partial charge in [-0.3, -0.25) is 5.10 Å². The summed E-state index contributed by atoms with van der Waals surface area (Å²) in [6.45, 7) is 0. The largest absolute Gasteiger partial charge is 0.269 e. The molecule has 0 radical (unpaired) electrons. The Labute approximate surface area is 107 Å². The van der Waals surface area contributed by atoms with Crippen molar-refractivity contribution < 1.29 is 0 Å². The van der Waals surface area contributed by atoms with E-state index in [0.29, 0.717) is 5.78 Å². The Bertz CT molecular complexity index is 656. The molecule has 86 valence electrons. The maximum absolute atomic E-state index is 5.87. The molecule has 0 aliphatic heterocycles. The van der Waals surface area contributed by atoms with Crippen molar-refractivity contribution in [3.8, 4) is 11.3 Å². The van der Waals surface area contributed by atoms with Gasteiger partial charge in [0.05, 0.1) is 11.9 Å². The summed E-state index contributed by atoms with van der Waals surface area (Å²) >= 11 is 7.43. The zero-order valence-electron chi connectivity index (χ0n) is 9.01. The predicted molar refractivity (Wildman–Crippen MR) is 69.6 cm³/mol. The van der Waals surface area contributed by atoms with Gasteiger partial charge in [-0.05, 0) is 18.4 Å². The van der Waals surface area contributed by atoms with Gasteiger partial charge in [0.25, 0.3) is 5.78 Å². The molecule has 2 aromatic heterocycles. The van der Waals surface area contributed by atoms with Crippen LogP contribution in [0.1, 0.15) is 0 Å². The van der Waals surface area contributed by atoms with Gasteiger partial charge in [0.1, 0.15) is 0 Å². The third kappa shape index (κ3) is 1.81. The number of nitrogens with one attached hydrogen (secondary N) is 1. The fraction of sp³-hybridized carbons (Fsp3) is 0.0909. The van der Waals surface area contributed by atoms with Crippen molar-refractivity contribution in [3.05, 3.63) is 35.5 Å². The van der Waals surface area contributed by atoms with Crippen LogP contribution >= 0.6 is 23.4 Å². The molecule has 3 aromatic rings. The normalized spacial score (nSPS) is 11.2. The van der Waals surface area contributed by atoms with Crippen molar-refractivity contribution in [2.45, 2.75) is 5.16 Å². The minimum atomic E-state index is 0.680. The van der Waals surface area contributed by atoms with E-state index in [1.165, 1.54) is 0 Å². The maximum atomic E-state index is 5.87. The van der Waals surface area contributed by atoms with Gasteiger partial charge in [-0.15, -0.1) is 0 Å². The summed E-state index contributed by atoms with van der Waals surface area (Å²) < 4.78 is 1.87. The van der Waals surface area contributed by atoms with Crippen LogP contribution in [-0.2, 0) is 0 Å². The first kappa shape index (κ1) is 10.7. The number of thioether (sulfide) groups is 1. The lowest BCUT2D eigenvalue weighted by Crippen LogP contribution is -1.88. The van der Waals surface area contributed by atoms with Crippen LogP contribution in [0.2, 0.25) is 5.02 Å². The quantitative estimate of drug-likeness (QED) is 0.724. The van der Waals surface area contributed by atoms with Crippen molar-refractivity contribution in [2.24, 2.45) is 0 Å². The lowest BCUT2D eigenvalue weighted by atomic mass is 10.2. The molecule has 2 heterocycles. The molecule has 0 aliphatic rings. The van der Waals surface area contributed by atoms with Crippen LogP contribution in [0.5, 0.6) is 0 Å². The van der Waals surface area contributed by atoms with E-state index in [9.17, 15) is 0 Å². The van der Waals surface area contributed by atoms with Gasteiger partial charge in [-0.2, -0.15) is 4.98 Å². The number of aromatic amines is 1. The van der Waals surface area contributed by atoms with Crippen LogP contribution in [0, 0.1) is 0 Å². The minimum absolute atomic E-state index is 0.680. The van der Waals surface area contributed by atoms with Gasteiger partial charge < -0.3 is 0 Å². The van der Waals surface area contributed by atoms with Gasteiger partial charge in [-0.25, -0.2) is 9.50 Å². The fourth-order valence-electron chi connectivity index (χ4n) is 1.66. The molecule has 4 nitrogen and oxygen atoms in total. The number of halogens is 1. The summed E-state index contributed by atoms with van der Waals surface area (Å²) in [6, 6.07) is 7.65. The molecule has 0 spiro atoms. The number of rotatable bonds is 2. The topological polar surface area (TPSA) is 46.0 Å². The molecule has 0 bridgehead atoms. The second-order valence-corrected chi connectivity index (χ2v) is 4.75. The molecule has 17 heavy (non-hydrogen) atoms. The van der Waals surface area contributed by atoms with Gasteiger partial charge in [-0.1, -0.05) is 35.5 Å². The zero-order valence-corrected chi connectivity index (χ0v) is 10.6. The van der Waals surface area contributed by atoms with Crippen LogP contribution < -0.4 is 0 Å². The molecule has 6 heteroatoms. The Balaban J connectivity index is 2.16. The van der Waals surface area contributed by atoms with Crippen molar-refractivity contribution >= 4 is 29.1 Å². The van der Waals surface area contributed by atoms with Crippen molar-refractivity contribution in [1.82, 2.24) is 19.6 Å². The number of H-pyrrole nitrogens is 1. The molecular weight excluding hydrogens is 256 g/mol. The molecule has 0 unspecified atom stereocenters. The number of imidazole rings is 1. The molecule has 1 aromatic carbocycles. The van der Waals surface area contributed by atoms with Crippen molar-refractivity contribution in [1.29, 1.82) is 0 Å². The van der Waals surface area contributed by atoms with Crippen LogP contribution in [0.15, 0.2) is 35.6 Å². The highest BCUT2D eigenvalue weighted by Gasteiger charge is 2.09. The molecule has 0 atom stereocenters. The van der Waals surface area contributed by atoms with Gasteiger partial charge >= 0.3 is 0 Å². The smallest absolute Gasteiger partial charge is 0.251 e. The second kappa shape index (κ2) is 4.09. The second-order valence-electron chi connectivity index (χ2n) is 3.52. The number of hydrogen-bond donors (Lipinski definition) is 1. The molecule has 0 fully saturated rings. The van der Waals surface area contributed by atoms with Gasteiger partial charge in [0.15, 0.2) is 5.16 Å². The predicted octanol–water partition coefficient (Wildman–Crippen LogP) is 3.10. The first-order chi connectivity index (χ1) is 8.28. The van der Waals surface area contributed by atoms with Crippen LogP contribution in [0.25, 0.3) is 17.0 Å². The van der Waals surface area contributed by atoms with Gasteiger partial charge in [0, 0.05) is 10.6 Å². The van der Waals surface area contributed by atoms with E-state index in [1.54, 1.807) is 18.0 Å². The molecular formula is C11H9ClN4S. The zero-order chi connectivity index (χ0) is 11.8. The molecule has 0 saturated heterocycles. The lowest BCUT2D eigenvalue weighted by molar-refractivity contribution is 0.900. The molecule has 0 amide bonds. The minimum Gasteiger partial charge on any atom is -0.269 e. The third-order valence-electron chi connectivity index (χ3n) is 2.49. The Kier molecular flexibility index (Phi) is 2.57. The van der Waals surface area contributed by atoms with Crippen molar-refractivity contribution in [2.75, 3.05) is 6.26 Å². The Morgan fingerprint density at radius 2 is 2.06 bits per heavy atom. The van der Waals surface area contributed by atoms with E-state index in [4.69, 9.17) is 11.6 Å². The van der Waals surface area contributed by atoms with Crippen LogP contribution in [0.3, 0.4) is 0 Å². The van der Waals surface area contributed by atoms with E-state index in [-0.39, 0.29) is 0 Å². The van der Waals surface area contributed by atoms with E-state index in [2.05, 4.69) is 15.1 Å². The SMILES string of the molecule is CSc1nc2ncc(-c3ccc(Cl)cc3)n2[nH]1. The monoisotopic (exact) mass is 264 g/mol. The average molecular weight is 265 g/mol. The Hall–Kier alpha value is -1.46. The summed E-state index contributed by atoms with van der Waals surface area (Å²) in [5.41, 5.74) is 2.03. The first-order valence-corrected chi connectivity index (χ1v) is 6.61. The van der Waals surface area contributed by atoms with E-state index < -0.39 is 0 Å². The summed E-state index contributed by atoms with van der Waals surface area (Å²) in [7, 11) is 0. The highest BCUT2D eigenvalue weighted by atomic mass is 35.5. The van der Waals surface area contributed by atoms with Gasteiger partial charge in [0.2, 0.25) is 0 Å². The summed E-state index contributed by atoms with van der Waals surface area (Å²) in [5.74, 6) is 0.680. The average Bonchev–Trinajstić information content (AvgIpc) is 2.89. The third-order valence-corrected chi connectivity index (χ3v) is 3.31. The lowest BCUT2D eigenvalue weighted by Gasteiger charge is -1.98. The fourth-order valence-corrected chi connectivity index (χ4v) is 2.14. The van der Waals surface area contributed by atoms with Crippen LogP contribution in [-0.4, -0.2) is 25.8 Å². The number of aromatic nitrogens is 4. The van der Waals surface area contributed by atoms with Crippen molar-refractivity contribution in [3.63, 3.8) is 0 Å². The summed E-state index contributed by atoms with van der Waals surface area (Å²) in [6.07, 6.45) is 3.77.